The van der Waals surface area contributed by atoms with E-state index in [4.69, 9.17) is 0 Å². The molecule has 6 heteroatoms. The normalized spacial score (nSPS) is 25.7. The van der Waals surface area contributed by atoms with Gasteiger partial charge in [0, 0.05) is 26.1 Å². The van der Waals surface area contributed by atoms with Crippen LogP contribution in [0.3, 0.4) is 0 Å². The number of rotatable bonds is 7. The van der Waals surface area contributed by atoms with Crippen molar-refractivity contribution in [2.75, 3.05) is 39.3 Å². The van der Waals surface area contributed by atoms with Crippen LogP contribution in [0, 0.1) is 23.7 Å². The predicted octanol–water partition coefficient (Wildman–Crippen LogP) is 2.95. The molecule has 2 aliphatic heterocycles. The van der Waals surface area contributed by atoms with E-state index >= 15 is 0 Å². The van der Waals surface area contributed by atoms with E-state index in [0.717, 1.165) is 32.1 Å². The van der Waals surface area contributed by atoms with Gasteiger partial charge in [-0.2, -0.15) is 0 Å². The molecule has 0 aromatic heterocycles. The lowest BCUT2D eigenvalue weighted by Crippen LogP contribution is -2.37. The third kappa shape index (κ3) is 8.37. The van der Waals surface area contributed by atoms with Crippen molar-refractivity contribution >= 4 is 30.7 Å². The second-order valence-corrected chi connectivity index (χ2v) is 7.90. The monoisotopic (exact) mass is 381 g/mol. The fraction of sp³-hybridized carbons (Fsp3) is 0.944. The Kier molecular flexibility index (Phi) is 12.3. The first-order valence-corrected chi connectivity index (χ1v) is 9.24. The molecule has 144 valence electrons. The smallest absolute Gasteiger partial charge is 0.220 e. The van der Waals surface area contributed by atoms with Crippen LogP contribution in [-0.4, -0.2) is 50.1 Å². The highest BCUT2D eigenvalue weighted by atomic mass is 35.5. The van der Waals surface area contributed by atoms with Gasteiger partial charge in [0.05, 0.1) is 0 Å². The van der Waals surface area contributed by atoms with Crippen molar-refractivity contribution < 1.29 is 4.79 Å². The summed E-state index contributed by atoms with van der Waals surface area (Å²) in [5.41, 5.74) is 0. The van der Waals surface area contributed by atoms with Crippen molar-refractivity contribution in [2.45, 2.75) is 46.5 Å². The van der Waals surface area contributed by atoms with Gasteiger partial charge in [0.1, 0.15) is 0 Å². The molecule has 0 aliphatic carbocycles. The fourth-order valence-corrected chi connectivity index (χ4v) is 3.92. The number of nitrogens with one attached hydrogen (secondary N) is 2. The van der Waals surface area contributed by atoms with Gasteiger partial charge < -0.3 is 15.5 Å². The zero-order chi connectivity index (χ0) is 15.9. The molecule has 2 fully saturated rings. The number of piperidine rings is 1. The quantitative estimate of drug-likeness (QED) is 0.712. The van der Waals surface area contributed by atoms with Crippen molar-refractivity contribution in [1.29, 1.82) is 0 Å². The molecule has 2 saturated heterocycles. The highest BCUT2D eigenvalue weighted by Crippen LogP contribution is 2.22. The molecule has 0 aromatic carbocycles. The summed E-state index contributed by atoms with van der Waals surface area (Å²) in [5.74, 6) is 2.80. The van der Waals surface area contributed by atoms with Gasteiger partial charge in [0.15, 0.2) is 0 Å². The Morgan fingerprint density at radius 3 is 2.62 bits per heavy atom. The Labute approximate surface area is 160 Å². The number of halogens is 2. The van der Waals surface area contributed by atoms with Crippen molar-refractivity contribution in [3.8, 4) is 0 Å². The number of nitrogens with zero attached hydrogens (tertiary/aromatic N) is 1. The minimum atomic E-state index is 0. The van der Waals surface area contributed by atoms with Gasteiger partial charge in [0.25, 0.3) is 0 Å². The average Bonchev–Trinajstić information content (AvgIpc) is 2.93. The van der Waals surface area contributed by atoms with Crippen molar-refractivity contribution in [3.05, 3.63) is 0 Å². The molecule has 0 radical (unpaired) electrons. The number of hydrogen-bond acceptors (Lipinski definition) is 3. The van der Waals surface area contributed by atoms with E-state index in [1.807, 2.05) is 0 Å². The Morgan fingerprint density at radius 1 is 1.25 bits per heavy atom. The van der Waals surface area contributed by atoms with Crippen LogP contribution in [0.15, 0.2) is 0 Å². The van der Waals surface area contributed by atoms with Gasteiger partial charge in [-0.3, -0.25) is 4.79 Å². The summed E-state index contributed by atoms with van der Waals surface area (Å²) < 4.78 is 0. The summed E-state index contributed by atoms with van der Waals surface area (Å²) in [7, 11) is 0. The van der Waals surface area contributed by atoms with Crippen molar-refractivity contribution in [1.82, 2.24) is 15.5 Å². The molecular formula is C18H37Cl2N3O. The fourth-order valence-electron chi connectivity index (χ4n) is 3.92. The van der Waals surface area contributed by atoms with E-state index in [2.05, 4.69) is 36.3 Å². The molecule has 0 aromatic rings. The predicted molar refractivity (Wildman–Crippen MR) is 106 cm³/mol. The lowest BCUT2D eigenvalue weighted by atomic mass is 9.85. The maximum Gasteiger partial charge on any atom is 0.220 e. The molecule has 2 aliphatic rings. The van der Waals surface area contributed by atoms with Crippen LogP contribution < -0.4 is 10.6 Å². The Balaban J connectivity index is 0.00000264. The van der Waals surface area contributed by atoms with Gasteiger partial charge in [-0.25, -0.2) is 0 Å². The molecule has 24 heavy (non-hydrogen) atoms. The van der Waals surface area contributed by atoms with Gasteiger partial charge in [0.2, 0.25) is 5.91 Å². The third-order valence-electron chi connectivity index (χ3n) is 5.23. The summed E-state index contributed by atoms with van der Waals surface area (Å²) >= 11 is 0. The van der Waals surface area contributed by atoms with Crippen molar-refractivity contribution in [2.24, 2.45) is 23.7 Å². The summed E-state index contributed by atoms with van der Waals surface area (Å²) in [4.78, 5) is 14.7. The topological polar surface area (TPSA) is 44.4 Å². The minimum absolute atomic E-state index is 0. The first-order chi connectivity index (χ1) is 10.5. The van der Waals surface area contributed by atoms with E-state index in [-0.39, 0.29) is 30.7 Å². The van der Waals surface area contributed by atoms with Crippen LogP contribution in [0.4, 0.5) is 0 Å². The summed E-state index contributed by atoms with van der Waals surface area (Å²) in [5, 5.41) is 6.63. The summed E-state index contributed by atoms with van der Waals surface area (Å²) in [6.07, 6.45) is 4.45. The third-order valence-corrected chi connectivity index (χ3v) is 5.23. The highest BCUT2D eigenvalue weighted by molar-refractivity contribution is 5.85. The maximum absolute atomic E-state index is 12.2. The second kappa shape index (κ2) is 12.3. The number of amides is 1. The molecule has 3 unspecified atom stereocenters. The first-order valence-electron chi connectivity index (χ1n) is 9.24. The SMILES string of the molecule is CC(C)CN1CCC(CNC(=O)CC(C)C2CCCNC2)C1.Cl.Cl. The number of carbonyl (C=O) groups excluding carboxylic acids is 1. The Hall–Kier alpha value is -0.0300. The lowest BCUT2D eigenvalue weighted by Gasteiger charge is -2.28. The first kappa shape index (κ1) is 24.0. The van der Waals surface area contributed by atoms with Gasteiger partial charge in [-0.1, -0.05) is 20.8 Å². The second-order valence-electron chi connectivity index (χ2n) is 7.90. The van der Waals surface area contributed by atoms with E-state index in [1.165, 1.54) is 32.4 Å². The molecule has 2 rings (SSSR count). The van der Waals surface area contributed by atoms with Crippen molar-refractivity contribution in [3.63, 3.8) is 0 Å². The highest BCUT2D eigenvalue weighted by Gasteiger charge is 2.25. The maximum atomic E-state index is 12.2. The molecule has 1 amide bonds. The van der Waals surface area contributed by atoms with Crippen LogP contribution in [0.2, 0.25) is 0 Å². The van der Waals surface area contributed by atoms with Crippen LogP contribution in [0.1, 0.15) is 46.5 Å². The Bertz CT molecular complexity index is 349. The number of likely N-dealkylation sites (tertiary alicyclic amines) is 1. The molecule has 0 bridgehead atoms. The van der Waals surface area contributed by atoms with Gasteiger partial charge in [-0.15, -0.1) is 24.8 Å². The molecule has 2 heterocycles. The van der Waals surface area contributed by atoms with Gasteiger partial charge in [-0.05, 0) is 62.6 Å². The zero-order valence-electron chi connectivity index (χ0n) is 15.6. The molecule has 3 atom stereocenters. The number of hydrogen-bond donors (Lipinski definition) is 2. The molecule has 0 spiro atoms. The molecule has 4 nitrogen and oxygen atoms in total. The molecule has 0 saturated carbocycles. The van der Waals surface area contributed by atoms with E-state index in [9.17, 15) is 4.79 Å². The molecule has 2 N–H and O–H groups in total. The van der Waals surface area contributed by atoms with Crippen LogP contribution in [-0.2, 0) is 4.79 Å². The van der Waals surface area contributed by atoms with E-state index in [1.54, 1.807) is 0 Å². The van der Waals surface area contributed by atoms with Crippen LogP contribution in [0.5, 0.6) is 0 Å². The average molecular weight is 382 g/mol. The lowest BCUT2D eigenvalue weighted by molar-refractivity contribution is -0.122. The summed E-state index contributed by atoms with van der Waals surface area (Å²) in [6.45, 7) is 13.4. The van der Waals surface area contributed by atoms with Gasteiger partial charge >= 0.3 is 0 Å². The number of carbonyl (C=O) groups is 1. The van der Waals surface area contributed by atoms with Crippen LogP contribution in [0.25, 0.3) is 0 Å². The zero-order valence-corrected chi connectivity index (χ0v) is 17.2. The van der Waals surface area contributed by atoms with E-state index in [0.29, 0.717) is 24.2 Å². The van der Waals surface area contributed by atoms with E-state index < -0.39 is 0 Å². The van der Waals surface area contributed by atoms with Crippen LogP contribution >= 0.6 is 24.8 Å². The largest absolute Gasteiger partial charge is 0.356 e. The molecular weight excluding hydrogens is 345 g/mol. The Morgan fingerprint density at radius 2 is 2.00 bits per heavy atom. The minimum Gasteiger partial charge on any atom is -0.356 e. The summed E-state index contributed by atoms with van der Waals surface area (Å²) in [6, 6.07) is 0. The standard InChI is InChI=1S/C18H35N3O.2ClH/c1-14(2)12-21-8-6-16(13-21)10-20-18(22)9-15(3)17-5-4-7-19-11-17;;/h14-17,19H,4-13H2,1-3H3,(H,20,22);2*1H.